The molecule has 0 radical (unpaired) electrons. The van der Waals surface area contributed by atoms with Crippen molar-refractivity contribution in [2.24, 2.45) is 51.2 Å². The van der Waals surface area contributed by atoms with Gasteiger partial charge in [-0.1, -0.05) is 58.9 Å². The number of carboxylic acid groups (broad SMARTS) is 1. The molecule has 0 aromatic heterocycles. The van der Waals surface area contributed by atoms with E-state index >= 15 is 0 Å². The number of carbonyl (C=O) groups excluding carboxylic acids is 1. The summed E-state index contributed by atoms with van der Waals surface area (Å²) < 4.78 is 24.0. The third-order valence-corrected chi connectivity index (χ3v) is 18.5. The van der Waals surface area contributed by atoms with Crippen LogP contribution in [0.25, 0.3) is 0 Å². The van der Waals surface area contributed by atoms with E-state index in [9.17, 15) is 23.1 Å². The van der Waals surface area contributed by atoms with Gasteiger partial charge in [-0.25, -0.2) is 13.2 Å². The normalized spacial score (nSPS) is 43.4. The van der Waals surface area contributed by atoms with Crippen LogP contribution in [0.15, 0.2) is 36.4 Å². The van der Waals surface area contributed by atoms with Gasteiger partial charge in [-0.15, -0.1) is 0 Å². The van der Waals surface area contributed by atoms with Crippen LogP contribution in [-0.4, -0.2) is 67.0 Å². The second-order valence-electron chi connectivity index (χ2n) is 19.2. The zero-order valence-electron chi connectivity index (χ0n) is 31.5. The van der Waals surface area contributed by atoms with Crippen molar-refractivity contribution in [2.75, 3.05) is 31.1 Å². The lowest BCUT2D eigenvalue weighted by Crippen LogP contribution is -2.69. The second-order valence-corrected chi connectivity index (χ2v) is 21.5. The molecule has 1 aromatic rings. The summed E-state index contributed by atoms with van der Waals surface area (Å²) >= 11 is 0. The fraction of sp³-hybridized carbons (Fsp3) is 0.762. The van der Waals surface area contributed by atoms with Crippen LogP contribution in [0, 0.1) is 51.2 Å². The molecule has 10 atom stereocenters. The van der Waals surface area contributed by atoms with Gasteiger partial charge in [-0.3, -0.25) is 9.69 Å². The number of nitrogens with one attached hydrogen (secondary N) is 1. The van der Waals surface area contributed by atoms with Gasteiger partial charge in [0.1, 0.15) is 0 Å². The first-order chi connectivity index (χ1) is 23.4. The van der Waals surface area contributed by atoms with Crippen molar-refractivity contribution >= 4 is 21.7 Å². The van der Waals surface area contributed by atoms with Crippen molar-refractivity contribution in [1.82, 2.24) is 10.2 Å². The molecule has 7 rings (SSSR count). The molecule has 5 aliphatic carbocycles. The summed E-state index contributed by atoms with van der Waals surface area (Å²) in [5.41, 5.74) is 3.43. The van der Waals surface area contributed by atoms with Crippen LogP contribution in [0.1, 0.15) is 128 Å². The van der Waals surface area contributed by atoms with Crippen LogP contribution in [0.5, 0.6) is 0 Å². The zero-order valence-corrected chi connectivity index (χ0v) is 32.3. The molecule has 7 nitrogen and oxygen atoms in total. The monoisotopic (exact) mass is 706 g/mol. The predicted octanol–water partition coefficient (Wildman–Crippen LogP) is 7.73. The number of nitrogens with zero attached hydrogens (tertiary/aromatic N) is 1. The molecular formula is C42H62N2O5S. The lowest BCUT2D eigenvalue weighted by Gasteiger charge is -2.73. The average Bonchev–Trinajstić information content (AvgIpc) is 3.42. The molecule has 276 valence electrons. The van der Waals surface area contributed by atoms with E-state index in [-0.39, 0.29) is 51.2 Å². The summed E-state index contributed by atoms with van der Waals surface area (Å²) in [6, 6.07) is 7.71. The zero-order chi connectivity index (χ0) is 36.1. The smallest absolute Gasteiger partial charge is 0.335 e. The molecule has 0 unspecified atom stereocenters. The number of aromatic carboxylic acids is 1. The highest BCUT2D eigenvalue weighted by atomic mass is 32.2. The Balaban J connectivity index is 1.14. The molecule has 1 amide bonds. The largest absolute Gasteiger partial charge is 0.478 e. The molecule has 8 heteroatoms. The summed E-state index contributed by atoms with van der Waals surface area (Å²) in [4.78, 5) is 27.4. The Hall–Kier alpha value is -2.19. The first-order valence-electron chi connectivity index (χ1n) is 19.6. The number of carbonyl (C=O) groups is 2. The number of rotatable bonds is 6. The number of allylic oxidation sites excluding steroid dienone is 1. The molecule has 6 aliphatic rings. The number of fused-ring (bicyclic) bond motifs is 7. The number of amides is 1. The number of hydrogen-bond acceptors (Lipinski definition) is 5. The maximum Gasteiger partial charge on any atom is 0.335 e. The van der Waals surface area contributed by atoms with E-state index in [0.29, 0.717) is 54.2 Å². The van der Waals surface area contributed by atoms with E-state index in [0.717, 1.165) is 32.1 Å². The van der Waals surface area contributed by atoms with Gasteiger partial charge in [0.05, 0.1) is 23.6 Å². The molecule has 0 bridgehead atoms. The Morgan fingerprint density at radius 2 is 1.54 bits per heavy atom. The maximum absolute atomic E-state index is 13.8. The molecule has 1 aliphatic heterocycles. The van der Waals surface area contributed by atoms with Gasteiger partial charge in [0.25, 0.3) is 0 Å². The highest BCUT2D eigenvalue weighted by molar-refractivity contribution is 7.91. The van der Waals surface area contributed by atoms with Crippen LogP contribution in [0.4, 0.5) is 0 Å². The van der Waals surface area contributed by atoms with E-state index in [2.05, 4.69) is 65.6 Å². The molecule has 2 N–H and O–H groups in total. The third kappa shape index (κ3) is 5.46. The first kappa shape index (κ1) is 36.2. The SMILES string of the molecule is C=C(C)[C@@H]1CC[C@]2(NC(=O)CN3CCS(=O)(=O)CC3)CC[C@]3(C)[C@H](CC[C@@H]4[C@@]5(C)CC[C@H](c6ccc(C(=O)O)cc6)C(C)(C)[C@@H]5CC[C@]43C)[C@@H]12. The van der Waals surface area contributed by atoms with Crippen molar-refractivity contribution in [2.45, 2.75) is 117 Å². The van der Waals surface area contributed by atoms with Crippen molar-refractivity contribution in [3.8, 4) is 0 Å². The Bertz CT molecular complexity index is 1640. The van der Waals surface area contributed by atoms with E-state index < -0.39 is 15.8 Å². The minimum absolute atomic E-state index is 0.0600. The standard InChI is InChI=1S/C42H62N2O5S/c1-27(2)30-14-19-42(43-35(45)26-44-22-24-50(48,49)25-23-44)21-20-40(6)32(36(30)42)12-13-34-39(5)17-15-31(28-8-10-29(11-9-28)37(46)47)38(3,4)33(39)16-18-41(34,40)7/h8-11,30-34,36H,1,12-26H2,2-7H3,(H,43,45)(H,46,47)/t30-,31+,32+,33-,34+,36+,39-,40+,41+,42-/m0/s1. The van der Waals surface area contributed by atoms with Crippen LogP contribution < -0.4 is 5.32 Å². The van der Waals surface area contributed by atoms with Crippen molar-refractivity contribution in [1.29, 1.82) is 0 Å². The Labute approximate surface area is 301 Å². The Morgan fingerprint density at radius 1 is 0.860 bits per heavy atom. The van der Waals surface area contributed by atoms with Gasteiger partial charge in [-0.2, -0.15) is 0 Å². The molecule has 0 spiro atoms. The second kappa shape index (κ2) is 12.2. The minimum Gasteiger partial charge on any atom is -0.478 e. The topological polar surface area (TPSA) is 104 Å². The predicted molar refractivity (Wildman–Crippen MR) is 199 cm³/mol. The Kier molecular flexibility index (Phi) is 8.81. The van der Waals surface area contributed by atoms with Crippen molar-refractivity contribution in [3.05, 3.63) is 47.5 Å². The maximum atomic E-state index is 13.8. The lowest BCUT2D eigenvalue weighted by molar-refractivity contribution is -0.233. The van der Waals surface area contributed by atoms with Crippen LogP contribution in [-0.2, 0) is 14.6 Å². The average molecular weight is 707 g/mol. The molecule has 6 fully saturated rings. The Morgan fingerprint density at radius 3 is 2.18 bits per heavy atom. The summed E-state index contributed by atoms with van der Waals surface area (Å²) in [5.74, 6) is 2.47. The van der Waals surface area contributed by atoms with Gasteiger partial charge in [-0.05, 0) is 146 Å². The van der Waals surface area contributed by atoms with Crippen LogP contribution >= 0.6 is 0 Å². The van der Waals surface area contributed by atoms with Gasteiger partial charge in [0.2, 0.25) is 5.91 Å². The lowest BCUT2D eigenvalue weighted by atomic mass is 9.32. The molecular weight excluding hydrogens is 645 g/mol. The summed E-state index contributed by atoms with van der Waals surface area (Å²) in [7, 11) is -2.99. The van der Waals surface area contributed by atoms with E-state index in [1.165, 1.54) is 43.2 Å². The molecule has 1 saturated heterocycles. The third-order valence-electron chi connectivity index (χ3n) is 16.9. The van der Waals surface area contributed by atoms with Crippen molar-refractivity contribution < 1.29 is 23.1 Å². The van der Waals surface area contributed by atoms with Crippen molar-refractivity contribution in [3.63, 3.8) is 0 Å². The first-order valence-corrected chi connectivity index (χ1v) is 21.4. The van der Waals surface area contributed by atoms with Gasteiger partial charge < -0.3 is 10.4 Å². The number of hydrogen-bond donors (Lipinski definition) is 2. The summed E-state index contributed by atoms with van der Waals surface area (Å²) in [6.45, 7) is 20.8. The van der Waals surface area contributed by atoms with E-state index in [1.807, 2.05) is 4.90 Å². The number of sulfone groups is 1. The van der Waals surface area contributed by atoms with E-state index in [4.69, 9.17) is 0 Å². The number of benzene rings is 1. The minimum atomic E-state index is -2.99. The van der Waals surface area contributed by atoms with Gasteiger partial charge >= 0.3 is 5.97 Å². The molecule has 1 aromatic carbocycles. The van der Waals surface area contributed by atoms with Gasteiger partial charge in [0.15, 0.2) is 9.84 Å². The van der Waals surface area contributed by atoms with Crippen LogP contribution in [0.3, 0.4) is 0 Å². The van der Waals surface area contributed by atoms with E-state index in [1.54, 1.807) is 12.1 Å². The van der Waals surface area contributed by atoms with Gasteiger partial charge in [0, 0.05) is 18.6 Å². The summed E-state index contributed by atoms with van der Waals surface area (Å²) in [6.07, 6.45) is 11.5. The fourth-order valence-corrected chi connectivity index (χ4v) is 15.5. The molecule has 1 heterocycles. The summed E-state index contributed by atoms with van der Waals surface area (Å²) in [5, 5.41) is 13.2. The molecule has 5 saturated carbocycles. The fourth-order valence-electron chi connectivity index (χ4n) is 14.3. The number of carboxylic acids is 1. The highest BCUT2D eigenvalue weighted by Gasteiger charge is 2.71. The van der Waals surface area contributed by atoms with Crippen LogP contribution in [0.2, 0.25) is 0 Å². The highest BCUT2D eigenvalue weighted by Crippen LogP contribution is 2.77. The molecule has 50 heavy (non-hydrogen) atoms. The quantitative estimate of drug-likeness (QED) is 0.294.